The fourth-order valence-electron chi connectivity index (χ4n) is 1.84. The Morgan fingerprint density at radius 2 is 1.95 bits per heavy atom. The van der Waals surface area contributed by atoms with Crippen molar-refractivity contribution in [3.63, 3.8) is 0 Å². The Hall–Kier alpha value is -2.45. The number of halogens is 1. The van der Waals surface area contributed by atoms with Gasteiger partial charge in [0.05, 0.1) is 24.0 Å². The molecule has 0 bridgehead atoms. The second kappa shape index (κ2) is 6.13. The summed E-state index contributed by atoms with van der Waals surface area (Å²) in [6.07, 6.45) is 0.762. The molecule has 0 saturated carbocycles. The highest BCUT2D eigenvalue weighted by atomic mass is 19.1. The van der Waals surface area contributed by atoms with Gasteiger partial charge < -0.3 is 10.4 Å². The number of hydrogen-bond acceptors (Lipinski definition) is 4. The van der Waals surface area contributed by atoms with Crippen LogP contribution in [0, 0.1) is 17.1 Å². The third-order valence-corrected chi connectivity index (χ3v) is 2.96. The maximum atomic E-state index is 12.8. The van der Waals surface area contributed by atoms with Crippen LogP contribution in [-0.2, 0) is 0 Å². The first-order valence-corrected chi connectivity index (χ1v) is 6.16. The maximum Gasteiger partial charge on any atom is 0.140 e. The first-order valence-electron chi connectivity index (χ1n) is 6.16. The minimum absolute atomic E-state index is 0.282. The summed E-state index contributed by atoms with van der Waals surface area (Å²) in [6, 6.07) is 10.7. The van der Waals surface area contributed by atoms with E-state index in [2.05, 4.69) is 10.3 Å². The molecule has 1 aromatic heterocycles. The summed E-state index contributed by atoms with van der Waals surface area (Å²) in [5.74, 6) is -0.335. The molecule has 5 heteroatoms. The average molecular weight is 271 g/mol. The lowest BCUT2D eigenvalue weighted by Gasteiger charge is -2.21. The maximum absolute atomic E-state index is 12.8. The third-order valence-electron chi connectivity index (χ3n) is 2.96. The van der Waals surface area contributed by atoms with E-state index in [4.69, 9.17) is 5.26 Å². The molecule has 2 rings (SSSR count). The highest BCUT2D eigenvalue weighted by Crippen LogP contribution is 2.20. The lowest BCUT2D eigenvalue weighted by atomic mass is 10.0. The van der Waals surface area contributed by atoms with E-state index in [-0.39, 0.29) is 11.9 Å². The molecule has 0 amide bonds. The Balaban J connectivity index is 2.05. The van der Waals surface area contributed by atoms with Gasteiger partial charge in [-0.1, -0.05) is 12.1 Å². The number of hydrogen-bond donors (Lipinski definition) is 2. The molecular weight excluding hydrogens is 257 g/mol. The monoisotopic (exact) mass is 271 g/mol. The quantitative estimate of drug-likeness (QED) is 0.897. The smallest absolute Gasteiger partial charge is 0.140 e. The van der Waals surface area contributed by atoms with Crippen LogP contribution in [0.1, 0.15) is 24.3 Å². The number of aromatic nitrogens is 1. The largest absolute Gasteiger partial charge is 0.386 e. The van der Waals surface area contributed by atoms with Crippen molar-refractivity contribution in [1.29, 1.82) is 5.26 Å². The zero-order valence-electron chi connectivity index (χ0n) is 10.9. The molecule has 0 aliphatic rings. The highest BCUT2D eigenvalue weighted by Gasteiger charge is 2.16. The zero-order chi connectivity index (χ0) is 14.5. The minimum atomic E-state index is -0.772. The molecule has 1 heterocycles. The van der Waals surface area contributed by atoms with E-state index < -0.39 is 6.10 Å². The SMILES string of the molecule is C[C@@H](Nc1ccc(C#N)nc1)[C@H](O)c1ccc(F)cc1. The van der Waals surface area contributed by atoms with Crippen molar-refractivity contribution in [2.75, 3.05) is 5.32 Å². The van der Waals surface area contributed by atoms with Crippen molar-refractivity contribution >= 4 is 5.69 Å². The predicted octanol–water partition coefficient (Wildman–Crippen LogP) is 2.63. The van der Waals surface area contributed by atoms with Gasteiger partial charge in [0.15, 0.2) is 0 Å². The fourth-order valence-corrected chi connectivity index (χ4v) is 1.84. The molecule has 1 aromatic carbocycles. The summed E-state index contributed by atoms with van der Waals surface area (Å²) < 4.78 is 12.8. The summed E-state index contributed by atoms with van der Waals surface area (Å²) in [7, 11) is 0. The van der Waals surface area contributed by atoms with Crippen LogP contribution in [0.5, 0.6) is 0 Å². The van der Waals surface area contributed by atoms with Gasteiger partial charge in [0, 0.05) is 0 Å². The van der Waals surface area contributed by atoms with Crippen molar-refractivity contribution in [3.05, 3.63) is 59.7 Å². The standard InChI is InChI=1S/C15H14FN3O/c1-10(15(20)11-2-4-12(16)5-3-11)19-14-7-6-13(8-17)18-9-14/h2-7,9-10,15,19-20H,1H3/t10-,15+/m1/s1. The summed E-state index contributed by atoms with van der Waals surface area (Å²) >= 11 is 0. The molecule has 0 saturated heterocycles. The average Bonchev–Trinajstić information content (AvgIpc) is 2.48. The molecule has 2 aromatic rings. The van der Waals surface area contributed by atoms with Gasteiger partial charge in [-0.15, -0.1) is 0 Å². The number of benzene rings is 1. The van der Waals surface area contributed by atoms with Crippen molar-refractivity contribution in [3.8, 4) is 6.07 Å². The Morgan fingerprint density at radius 3 is 2.50 bits per heavy atom. The van der Waals surface area contributed by atoms with Crippen molar-refractivity contribution in [2.24, 2.45) is 0 Å². The summed E-state index contributed by atoms with van der Waals surface area (Å²) in [5.41, 5.74) is 1.67. The van der Waals surface area contributed by atoms with Crippen LogP contribution in [-0.4, -0.2) is 16.1 Å². The number of anilines is 1. The van der Waals surface area contributed by atoms with Gasteiger partial charge in [0.25, 0.3) is 0 Å². The Morgan fingerprint density at radius 1 is 1.25 bits per heavy atom. The Labute approximate surface area is 116 Å². The molecule has 0 aliphatic carbocycles. The lowest BCUT2D eigenvalue weighted by molar-refractivity contribution is 0.160. The van der Waals surface area contributed by atoms with Crippen LogP contribution in [0.15, 0.2) is 42.6 Å². The molecule has 0 unspecified atom stereocenters. The number of pyridine rings is 1. The van der Waals surface area contributed by atoms with E-state index in [1.165, 1.54) is 18.3 Å². The summed E-state index contributed by atoms with van der Waals surface area (Å²) in [5, 5.41) is 21.9. The molecule has 0 radical (unpaired) electrons. The minimum Gasteiger partial charge on any atom is -0.386 e. The van der Waals surface area contributed by atoms with Gasteiger partial charge in [-0.25, -0.2) is 9.37 Å². The number of rotatable bonds is 4. The van der Waals surface area contributed by atoms with Gasteiger partial charge in [-0.05, 0) is 36.8 Å². The summed E-state index contributed by atoms with van der Waals surface area (Å²) in [6.45, 7) is 1.81. The third kappa shape index (κ3) is 3.31. The molecule has 0 aliphatic heterocycles. The van der Waals surface area contributed by atoms with Crippen LogP contribution in [0.4, 0.5) is 10.1 Å². The second-order valence-electron chi connectivity index (χ2n) is 4.47. The van der Waals surface area contributed by atoms with E-state index in [0.717, 1.165) is 0 Å². The van der Waals surface area contributed by atoms with Crippen LogP contribution in [0.3, 0.4) is 0 Å². The molecule has 0 fully saturated rings. The molecular formula is C15H14FN3O. The first kappa shape index (κ1) is 14.0. The Kier molecular flexibility index (Phi) is 4.28. The van der Waals surface area contributed by atoms with Crippen LogP contribution < -0.4 is 5.32 Å². The van der Waals surface area contributed by atoms with Crippen LogP contribution in [0.2, 0.25) is 0 Å². The number of nitriles is 1. The number of nitrogens with zero attached hydrogens (tertiary/aromatic N) is 2. The van der Waals surface area contributed by atoms with Gasteiger partial charge in [-0.2, -0.15) is 5.26 Å². The van der Waals surface area contributed by atoms with E-state index in [1.54, 1.807) is 24.3 Å². The first-order chi connectivity index (χ1) is 9.60. The van der Waals surface area contributed by atoms with E-state index in [1.807, 2.05) is 13.0 Å². The van der Waals surface area contributed by atoms with Crippen LogP contribution in [0.25, 0.3) is 0 Å². The highest BCUT2D eigenvalue weighted by molar-refractivity contribution is 5.44. The van der Waals surface area contributed by atoms with Crippen LogP contribution >= 0.6 is 0 Å². The van der Waals surface area contributed by atoms with Crippen molar-refractivity contribution in [2.45, 2.75) is 19.1 Å². The molecule has 2 N–H and O–H groups in total. The summed E-state index contributed by atoms with van der Waals surface area (Å²) in [4.78, 5) is 3.94. The van der Waals surface area contributed by atoms with Gasteiger partial charge in [-0.3, -0.25) is 0 Å². The van der Waals surface area contributed by atoms with Gasteiger partial charge in [0.2, 0.25) is 0 Å². The molecule has 20 heavy (non-hydrogen) atoms. The van der Waals surface area contributed by atoms with E-state index >= 15 is 0 Å². The molecule has 2 atom stereocenters. The van der Waals surface area contributed by atoms with Gasteiger partial charge >= 0.3 is 0 Å². The van der Waals surface area contributed by atoms with E-state index in [0.29, 0.717) is 16.9 Å². The van der Waals surface area contributed by atoms with E-state index in [9.17, 15) is 9.50 Å². The number of nitrogens with one attached hydrogen (secondary N) is 1. The van der Waals surface area contributed by atoms with Crippen molar-refractivity contribution in [1.82, 2.24) is 4.98 Å². The zero-order valence-corrected chi connectivity index (χ0v) is 10.9. The number of aliphatic hydroxyl groups is 1. The second-order valence-corrected chi connectivity index (χ2v) is 4.47. The number of aliphatic hydroxyl groups excluding tert-OH is 1. The molecule has 4 nitrogen and oxygen atoms in total. The normalized spacial score (nSPS) is 13.3. The fraction of sp³-hybridized carbons (Fsp3) is 0.200. The van der Waals surface area contributed by atoms with Gasteiger partial charge in [0.1, 0.15) is 17.6 Å². The molecule has 102 valence electrons. The van der Waals surface area contributed by atoms with Crippen molar-refractivity contribution < 1.29 is 9.50 Å². The topological polar surface area (TPSA) is 68.9 Å². The molecule has 0 spiro atoms. The Bertz CT molecular complexity index is 605. The lowest BCUT2D eigenvalue weighted by Crippen LogP contribution is -2.24. The predicted molar refractivity (Wildman–Crippen MR) is 73.4 cm³/mol.